The molecule has 0 bridgehead atoms. The van der Waals surface area contributed by atoms with Crippen LogP contribution in [0.25, 0.3) is 21.5 Å². The number of benzene rings is 3. The Morgan fingerprint density at radius 3 is 2.62 bits per heavy atom. The fourth-order valence-corrected chi connectivity index (χ4v) is 3.33. The van der Waals surface area contributed by atoms with Gasteiger partial charge in [-0.3, -0.25) is 9.78 Å². The zero-order valence-corrected chi connectivity index (χ0v) is 14.2. The predicted octanol–water partition coefficient (Wildman–Crippen LogP) is 5.40. The number of nitrogens with zero attached hydrogens (tertiary/aromatic N) is 1. The Bertz CT molecular complexity index is 1070. The lowest BCUT2D eigenvalue weighted by atomic mass is 10.1. The number of carbonyl (C=O) groups excluding carboxylic acids is 1. The van der Waals surface area contributed by atoms with Crippen molar-refractivity contribution in [3.05, 3.63) is 83.1 Å². The fraction of sp³-hybridized carbons (Fsp3) is 0. The molecule has 0 unspecified atom stereocenters. The molecule has 1 heterocycles. The third kappa shape index (κ3) is 2.65. The number of halogens is 1. The highest BCUT2D eigenvalue weighted by molar-refractivity contribution is 9.10. The number of fused-ring (bicyclic) bond motifs is 2. The van der Waals surface area contributed by atoms with Crippen molar-refractivity contribution in [2.75, 3.05) is 5.32 Å². The quantitative estimate of drug-likeness (QED) is 0.508. The smallest absolute Gasteiger partial charge is 0.274 e. The average Bonchev–Trinajstić information content (AvgIpc) is 2.61. The second kappa shape index (κ2) is 6.06. The van der Waals surface area contributed by atoms with E-state index in [1.165, 1.54) is 0 Å². The standard InChI is InChI=1S/C20H13BrN2O/c21-18-7-3-5-14-12-15(8-9-16(14)18)23-20(24)19-17-6-2-1-4-13(17)10-11-22-19/h1-12H,(H,23,24). The lowest BCUT2D eigenvalue weighted by Gasteiger charge is -2.09. The molecule has 0 saturated heterocycles. The molecular weight excluding hydrogens is 364 g/mol. The maximum atomic E-state index is 12.6. The minimum atomic E-state index is -0.207. The van der Waals surface area contributed by atoms with E-state index < -0.39 is 0 Å². The summed E-state index contributed by atoms with van der Waals surface area (Å²) in [6.45, 7) is 0. The minimum Gasteiger partial charge on any atom is -0.321 e. The molecule has 0 aliphatic heterocycles. The molecule has 4 rings (SSSR count). The molecule has 0 aliphatic rings. The molecule has 4 aromatic rings. The summed E-state index contributed by atoms with van der Waals surface area (Å²) in [5.41, 5.74) is 1.18. The number of amides is 1. The fourth-order valence-electron chi connectivity index (χ4n) is 2.81. The molecule has 0 radical (unpaired) electrons. The molecule has 0 spiro atoms. The number of hydrogen-bond acceptors (Lipinski definition) is 2. The molecule has 0 fully saturated rings. The predicted molar refractivity (Wildman–Crippen MR) is 101 cm³/mol. The van der Waals surface area contributed by atoms with Gasteiger partial charge in [0.05, 0.1) is 0 Å². The minimum absolute atomic E-state index is 0.207. The average molecular weight is 377 g/mol. The van der Waals surface area contributed by atoms with Crippen LogP contribution in [0, 0.1) is 0 Å². The van der Waals surface area contributed by atoms with Crippen LogP contribution in [0.3, 0.4) is 0 Å². The van der Waals surface area contributed by atoms with Gasteiger partial charge in [0.15, 0.2) is 0 Å². The summed E-state index contributed by atoms with van der Waals surface area (Å²) in [7, 11) is 0. The van der Waals surface area contributed by atoms with Crippen LogP contribution in [-0.2, 0) is 0 Å². The van der Waals surface area contributed by atoms with E-state index in [0.29, 0.717) is 5.69 Å². The van der Waals surface area contributed by atoms with Gasteiger partial charge in [-0.2, -0.15) is 0 Å². The highest BCUT2D eigenvalue weighted by Crippen LogP contribution is 2.26. The lowest BCUT2D eigenvalue weighted by molar-refractivity contribution is 0.102. The van der Waals surface area contributed by atoms with E-state index in [2.05, 4.69) is 26.2 Å². The number of rotatable bonds is 2. The SMILES string of the molecule is O=C(Nc1ccc2c(Br)cccc2c1)c1nccc2ccccc12. The molecule has 1 aromatic heterocycles. The Balaban J connectivity index is 1.71. The van der Waals surface area contributed by atoms with E-state index in [1.54, 1.807) is 6.20 Å². The van der Waals surface area contributed by atoms with Crippen molar-refractivity contribution < 1.29 is 4.79 Å². The van der Waals surface area contributed by atoms with Crippen molar-refractivity contribution in [1.82, 2.24) is 4.98 Å². The van der Waals surface area contributed by atoms with Gasteiger partial charge in [-0.25, -0.2) is 0 Å². The maximum absolute atomic E-state index is 12.6. The number of carbonyl (C=O) groups is 1. The second-order valence-electron chi connectivity index (χ2n) is 5.51. The highest BCUT2D eigenvalue weighted by Gasteiger charge is 2.12. The van der Waals surface area contributed by atoms with Gasteiger partial charge < -0.3 is 5.32 Å². The van der Waals surface area contributed by atoms with Gasteiger partial charge in [0.25, 0.3) is 5.91 Å². The Morgan fingerprint density at radius 1 is 0.875 bits per heavy atom. The summed E-state index contributed by atoms with van der Waals surface area (Å²) < 4.78 is 1.04. The van der Waals surface area contributed by atoms with E-state index in [9.17, 15) is 4.79 Å². The zero-order chi connectivity index (χ0) is 16.5. The summed E-state index contributed by atoms with van der Waals surface area (Å²) in [6, 6.07) is 21.5. The molecule has 0 atom stereocenters. The zero-order valence-electron chi connectivity index (χ0n) is 12.7. The molecule has 1 amide bonds. The van der Waals surface area contributed by atoms with Crippen LogP contribution in [0.5, 0.6) is 0 Å². The Labute approximate surface area is 147 Å². The van der Waals surface area contributed by atoms with Crippen molar-refractivity contribution in [3.8, 4) is 0 Å². The molecule has 3 nitrogen and oxygen atoms in total. The Morgan fingerprint density at radius 2 is 1.71 bits per heavy atom. The van der Waals surface area contributed by atoms with Crippen molar-refractivity contribution in [3.63, 3.8) is 0 Å². The lowest BCUT2D eigenvalue weighted by Crippen LogP contribution is -2.14. The first-order chi connectivity index (χ1) is 11.7. The number of nitrogens with one attached hydrogen (secondary N) is 1. The molecule has 116 valence electrons. The van der Waals surface area contributed by atoms with Crippen LogP contribution in [0.1, 0.15) is 10.5 Å². The van der Waals surface area contributed by atoms with E-state index in [4.69, 9.17) is 0 Å². The topological polar surface area (TPSA) is 42.0 Å². The highest BCUT2D eigenvalue weighted by atomic mass is 79.9. The van der Waals surface area contributed by atoms with E-state index in [0.717, 1.165) is 31.7 Å². The molecule has 1 N–H and O–H groups in total. The van der Waals surface area contributed by atoms with Gasteiger partial charge in [-0.1, -0.05) is 58.4 Å². The molecule has 24 heavy (non-hydrogen) atoms. The third-order valence-corrected chi connectivity index (χ3v) is 4.67. The largest absolute Gasteiger partial charge is 0.321 e. The first kappa shape index (κ1) is 14.8. The molecule has 0 saturated carbocycles. The molecular formula is C20H13BrN2O. The van der Waals surface area contributed by atoms with Gasteiger partial charge in [-0.15, -0.1) is 0 Å². The molecule has 4 heteroatoms. The van der Waals surface area contributed by atoms with E-state index in [-0.39, 0.29) is 5.91 Å². The number of pyridine rings is 1. The van der Waals surface area contributed by atoms with Crippen molar-refractivity contribution in [2.45, 2.75) is 0 Å². The van der Waals surface area contributed by atoms with Crippen LogP contribution >= 0.6 is 15.9 Å². The normalized spacial score (nSPS) is 10.9. The van der Waals surface area contributed by atoms with Crippen LogP contribution in [0.15, 0.2) is 77.4 Å². The van der Waals surface area contributed by atoms with Gasteiger partial charge in [-0.05, 0) is 40.4 Å². The second-order valence-corrected chi connectivity index (χ2v) is 6.36. The van der Waals surface area contributed by atoms with Crippen LogP contribution in [0.2, 0.25) is 0 Å². The summed E-state index contributed by atoms with van der Waals surface area (Å²) in [4.78, 5) is 16.9. The Hall–Kier alpha value is -2.72. The van der Waals surface area contributed by atoms with Gasteiger partial charge in [0.1, 0.15) is 5.69 Å². The summed E-state index contributed by atoms with van der Waals surface area (Å²) in [5.74, 6) is -0.207. The number of hydrogen-bond donors (Lipinski definition) is 1. The van der Waals surface area contributed by atoms with E-state index >= 15 is 0 Å². The summed E-state index contributed by atoms with van der Waals surface area (Å²) in [5, 5.41) is 6.97. The van der Waals surface area contributed by atoms with Crippen molar-refractivity contribution in [2.24, 2.45) is 0 Å². The first-order valence-corrected chi connectivity index (χ1v) is 8.35. The van der Waals surface area contributed by atoms with Crippen molar-refractivity contribution >= 4 is 49.1 Å². The maximum Gasteiger partial charge on any atom is 0.274 e. The Kier molecular flexibility index (Phi) is 3.75. The van der Waals surface area contributed by atoms with Gasteiger partial charge in [0.2, 0.25) is 0 Å². The monoisotopic (exact) mass is 376 g/mol. The third-order valence-electron chi connectivity index (χ3n) is 3.97. The van der Waals surface area contributed by atoms with Crippen LogP contribution in [0.4, 0.5) is 5.69 Å². The van der Waals surface area contributed by atoms with Crippen molar-refractivity contribution in [1.29, 1.82) is 0 Å². The van der Waals surface area contributed by atoms with E-state index in [1.807, 2.05) is 66.7 Å². The summed E-state index contributed by atoms with van der Waals surface area (Å²) >= 11 is 3.54. The molecule has 0 aliphatic carbocycles. The van der Waals surface area contributed by atoms with Gasteiger partial charge in [0, 0.05) is 21.7 Å². The van der Waals surface area contributed by atoms with Crippen LogP contribution < -0.4 is 5.32 Å². The van der Waals surface area contributed by atoms with Crippen LogP contribution in [-0.4, -0.2) is 10.9 Å². The number of anilines is 1. The summed E-state index contributed by atoms with van der Waals surface area (Å²) in [6.07, 6.45) is 1.66. The first-order valence-electron chi connectivity index (χ1n) is 7.56. The number of aromatic nitrogens is 1. The van der Waals surface area contributed by atoms with Gasteiger partial charge >= 0.3 is 0 Å². The molecule has 3 aromatic carbocycles.